The van der Waals surface area contributed by atoms with Gasteiger partial charge in [-0.3, -0.25) is 0 Å². The topological polar surface area (TPSA) is 61.4 Å². The van der Waals surface area contributed by atoms with Crippen LogP contribution in [0.2, 0.25) is 0 Å². The van der Waals surface area contributed by atoms with E-state index < -0.39 is 11.7 Å². The first kappa shape index (κ1) is 17.0. The van der Waals surface area contributed by atoms with Crippen LogP contribution in [0.4, 0.5) is 13.2 Å². The molecule has 136 valence electrons. The van der Waals surface area contributed by atoms with Gasteiger partial charge in [-0.05, 0) is 41.1 Å². The van der Waals surface area contributed by atoms with E-state index in [0.29, 0.717) is 6.54 Å². The van der Waals surface area contributed by atoms with Crippen molar-refractivity contribution < 1.29 is 13.2 Å². The van der Waals surface area contributed by atoms with E-state index in [1.54, 1.807) is 10.9 Å². The molecule has 0 bridgehead atoms. The van der Waals surface area contributed by atoms with E-state index in [1.807, 2.05) is 36.5 Å². The smallest absolute Gasteiger partial charge is 0.241 e. The Bertz CT molecular complexity index is 1040. The highest BCUT2D eigenvalue weighted by molar-refractivity contribution is 5.55. The third-order valence-electron chi connectivity index (χ3n) is 3.93. The molecule has 0 aliphatic rings. The summed E-state index contributed by atoms with van der Waals surface area (Å²) in [6.07, 6.45) is -0.875. The van der Waals surface area contributed by atoms with Gasteiger partial charge >= 0.3 is 6.18 Å². The first-order valence-electron chi connectivity index (χ1n) is 8.03. The summed E-state index contributed by atoms with van der Waals surface area (Å²) >= 11 is 0. The zero-order chi connectivity index (χ0) is 18.9. The molecule has 4 rings (SSSR count). The molecular weight excluding hydrogens is 357 g/mol. The highest BCUT2D eigenvalue weighted by atomic mass is 19.4. The van der Waals surface area contributed by atoms with Gasteiger partial charge < -0.3 is 0 Å². The second-order valence-electron chi connectivity index (χ2n) is 5.84. The molecule has 0 atom stereocenters. The first-order valence-corrected chi connectivity index (χ1v) is 8.03. The van der Waals surface area contributed by atoms with Crippen LogP contribution in [0.5, 0.6) is 0 Å². The Morgan fingerprint density at radius 3 is 2.48 bits per heavy atom. The quantitative estimate of drug-likeness (QED) is 0.551. The lowest BCUT2D eigenvalue weighted by Gasteiger charge is -2.06. The van der Waals surface area contributed by atoms with Crippen molar-refractivity contribution in [3.8, 4) is 17.1 Å². The van der Waals surface area contributed by atoms with E-state index in [9.17, 15) is 13.2 Å². The standard InChI is InChI=1S/C18H13F3N6/c19-18(20,21)15-4-1-3-14(11-15)17-23-25-27(24-17)12-13-5-7-16(8-6-13)26-10-2-9-22-26/h1-11H,12H2. The zero-order valence-electron chi connectivity index (χ0n) is 13.9. The zero-order valence-corrected chi connectivity index (χ0v) is 13.9. The van der Waals surface area contributed by atoms with Crippen molar-refractivity contribution in [3.63, 3.8) is 0 Å². The molecule has 9 heteroatoms. The summed E-state index contributed by atoms with van der Waals surface area (Å²) in [4.78, 5) is 1.35. The molecule has 2 aromatic carbocycles. The Balaban J connectivity index is 1.52. The highest BCUT2D eigenvalue weighted by Gasteiger charge is 2.30. The number of nitrogens with zero attached hydrogens (tertiary/aromatic N) is 6. The fourth-order valence-electron chi connectivity index (χ4n) is 2.60. The first-order chi connectivity index (χ1) is 13.0. The van der Waals surface area contributed by atoms with Gasteiger partial charge in [0.1, 0.15) is 0 Å². The monoisotopic (exact) mass is 370 g/mol. The van der Waals surface area contributed by atoms with E-state index in [-0.39, 0.29) is 11.4 Å². The third-order valence-corrected chi connectivity index (χ3v) is 3.93. The summed E-state index contributed by atoms with van der Waals surface area (Å²) in [6, 6.07) is 14.3. The summed E-state index contributed by atoms with van der Waals surface area (Å²) in [5.74, 6) is 0.147. The van der Waals surface area contributed by atoms with E-state index in [2.05, 4.69) is 20.5 Å². The van der Waals surface area contributed by atoms with Gasteiger partial charge in [-0.2, -0.15) is 23.1 Å². The molecule has 2 aromatic heterocycles. The molecule has 0 spiro atoms. The summed E-state index contributed by atoms with van der Waals surface area (Å²) < 4.78 is 40.3. The van der Waals surface area contributed by atoms with Crippen LogP contribution in [0, 0.1) is 0 Å². The molecule has 0 amide bonds. The minimum absolute atomic E-state index is 0.147. The maximum Gasteiger partial charge on any atom is 0.416 e. The lowest BCUT2D eigenvalue weighted by molar-refractivity contribution is -0.137. The van der Waals surface area contributed by atoms with Crippen LogP contribution in [-0.4, -0.2) is 30.0 Å². The summed E-state index contributed by atoms with van der Waals surface area (Å²) in [6.45, 7) is 0.353. The number of tetrazole rings is 1. The molecular formula is C18H13F3N6. The Kier molecular flexibility index (Phi) is 4.19. The predicted molar refractivity (Wildman–Crippen MR) is 90.9 cm³/mol. The number of aromatic nitrogens is 6. The fraction of sp³-hybridized carbons (Fsp3) is 0.111. The number of hydrogen-bond acceptors (Lipinski definition) is 4. The van der Waals surface area contributed by atoms with Crippen LogP contribution in [0.3, 0.4) is 0 Å². The van der Waals surface area contributed by atoms with Crippen molar-refractivity contribution in [2.24, 2.45) is 0 Å². The SMILES string of the molecule is FC(F)(F)c1cccc(-c2nnn(Cc3ccc(-n4cccn4)cc3)n2)c1. The van der Waals surface area contributed by atoms with Gasteiger partial charge in [-0.15, -0.1) is 10.2 Å². The Morgan fingerprint density at radius 2 is 1.78 bits per heavy atom. The van der Waals surface area contributed by atoms with Crippen molar-refractivity contribution in [1.29, 1.82) is 0 Å². The molecule has 0 aliphatic heterocycles. The molecule has 0 N–H and O–H groups in total. The normalized spacial score (nSPS) is 11.7. The van der Waals surface area contributed by atoms with Crippen molar-refractivity contribution in [3.05, 3.63) is 78.1 Å². The summed E-state index contributed by atoms with van der Waals surface area (Å²) in [7, 11) is 0. The second kappa shape index (κ2) is 6.67. The van der Waals surface area contributed by atoms with Gasteiger partial charge in [0.2, 0.25) is 5.82 Å². The van der Waals surface area contributed by atoms with Gasteiger partial charge in [0, 0.05) is 18.0 Å². The summed E-state index contributed by atoms with van der Waals surface area (Å²) in [5.41, 5.74) is 1.37. The molecule has 6 nitrogen and oxygen atoms in total. The molecule has 0 saturated heterocycles. The van der Waals surface area contributed by atoms with E-state index in [0.717, 1.165) is 23.4 Å². The van der Waals surface area contributed by atoms with E-state index in [1.165, 1.54) is 16.9 Å². The van der Waals surface area contributed by atoms with Crippen LogP contribution in [0.25, 0.3) is 17.1 Å². The minimum Gasteiger partial charge on any atom is -0.241 e. The van der Waals surface area contributed by atoms with Gasteiger partial charge in [0.15, 0.2) is 0 Å². The molecule has 0 unspecified atom stereocenters. The van der Waals surface area contributed by atoms with Crippen LogP contribution < -0.4 is 0 Å². The number of rotatable bonds is 4. The van der Waals surface area contributed by atoms with Crippen LogP contribution in [0.1, 0.15) is 11.1 Å². The molecule has 27 heavy (non-hydrogen) atoms. The third kappa shape index (κ3) is 3.71. The predicted octanol–water partition coefficient (Wildman–Crippen LogP) is 3.59. The van der Waals surface area contributed by atoms with Gasteiger partial charge in [0.25, 0.3) is 0 Å². The number of hydrogen-bond donors (Lipinski definition) is 0. The lowest BCUT2D eigenvalue weighted by atomic mass is 10.1. The largest absolute Gasteiger partial charge is 0.416 e. The van der Waals surface area contributed by atoms with Crippen molar-refractivity contribution >= 4 is 0 Å². The van der Waals surface area contributed by atoms with Gasteiger partial charge in [-0.25, -0.2) is 4.68 Å². The lowest BCUT2D eigenvalue weighted by Crippen LogP contribution is -2.05. The minimum atomic E-state index is -4.41. The molecule has 2 heterocycles. The summed E-state index contributed by atoms with van der Waals surface area (Å²) in [5, 5.41) is 16.1. The maximum absolute atomic E-state index is 12.8. The number of benzene rings is 2. The highest BCUT2D eigenvalue weighted by Crippen LogP contribution is 2.31. The average molecular weight is 370 g/mol. The second-order valence-corrected chi connectivity index (χ2v) is 5.84. The Morgan fingerprint density at radius 1 is 0.963 bits per heavy atom. The molecule has 0 aliphatic carbocycles. The van der Waals surface area contributed by atoms with Crippen molar-refractivity contribution in [1.82, 2.24) is 30.0 Å². The molecule has 4 aromatic rings. The van der Waals surface area contributed by atoms with Crippen molar-refractivity contribution in [2.45, 2.75) is 12.7 Å². The Hall–Kier alpha value is -3.49. The Labute approximate surface area is 151 Å². The fourth-order valence-corrected chi connectivity index (χ4v) is 2.60. The van der Waals surface area contributed by atoms with Gasteiger partial charge in [-0.1, -0.05) is 24.3 Å². The van der Waals surface area contributed by atoms with E-state index in [4.69, 9.17) is 0 Å². The van der Waals surface area contributed by atoms with Crippen LogP contribution in [0.15, 0.2) is 67.0 Å². The van der Waals surface area contributed by atoms with Crippen LogP contribution >= 0.6 is 0 Å². The molecule has 0 saturated carbocycles. The maximum atomic E-state index is 12.8. The number of halogens is 3. The van der Waals surface area contributed by atoms with Crippen LogP contribution in [-0.2, 0) is 12.7 Å². The van der Waals surface area contributed by atoms with E-state index >= 15 is 0 Å². The number of alkyl halides is 3. The van der Waals surface area contributed by atoms with Crippen molar-refractivity contribution in [2.75, 3.05) is 0 Å². The van der Waals surface area contributed by atoms with Gasteiger partial charge in [0.05, 0.1) is 17.8 Å². The average Bonchev–Trinajstić information content (AvgIpc) is 3.34. The molecule has 0 fully saturated rings. The molecule has 0 radical (unpaired) electrons.